The summed E-state index contributed by atoms with van der Waals surface area (Å²) >= 11 is 0. The van der Waals surface area contributed by atoms with Crippen LogP contribution in [-0.2, 0) is 5.60 Å². The number of aryl methyl sites for hydroxylation is 2. The highest BCUT2D eigenvalue weighted by Gasteiger charge is 2.46. The van der Waals surface area contributed by atoms with E-state index in [1.807, 2.05) is 7.05 Å². The lowest BCUT2D eigenvalue weighted by atomic mass is 9.80. The molecule has 2 N–H and O–H groups in total. The van der Waals surface area contributed by atoms with Crippen molar-refractivity contribution in [2.24, 2.45) is 5.92 Å². The number of benzene rings is 1. The molecule has 1 aliphatic rings. The summed E-state index contributed by atoms with van der Waals surface area (Å²) in [6, 6.07) is 2.22. The van der Waals surface area contributed by atoms with Crippen LogP contribution in [0.1, 0.15) is 40.7 Å². The van der Waals surface area contributed by atoms with Crippen molar-refractivity contribution >= 4 is 0 Å². The highest BCUT2D eigenvalue weighted by molar-refractivity contribution is 5.48. The van der Waals surface area contributed by atoms with Crippen LogP contribution in [0.3, 0.4) is 0 Å². The molecule has 0 aromatic heterocycles. The fourth-order valence-electron chi connectivity index (χ4n) is 3.13. The molecule has 1 unspecified atom stereocenters. The summed E-state index contributed by atoms with van der Waals surface area (Å²) in [6.45, 7) is 9.19. The zero-order chi connectivity index (χ0) is 13.5. The van der Waals surface area contributed by atoms with E-state index in [2.05, 4.69) is 39.1 Å². The van der Waals surface area contributed by atoms with E-state index in [-0.39, 0.29) is 0 Å². The van der Waals surface area contributed by atoms with Crippen LogP contribution in [0.5, 0.6) is 0 Å². The molecule has 0 amide bonds. The largest absolute Gasteiger partial charge is 0.384 e. The number of likely N-dealkylation sites (N-methyl/N-ethyl adjacent to an activating group) is 1. The Balaban J connectivity index is 2.60. The van der Waals surface area contributed by atoms with Gasteiger partial charge in [-0.3, -0.25) is 0 Å². The maximum atomic E-state index is 11.2. The van der Waals surface area contributed by atoms with Crippen LogP contribution < -0.4 is 5.32 Å². The maximum absolute atomic E-state index is 11.2. The van der Waals surface area contributed by atoms with Gasteiger partial charge in [0.2, 0.25) is 0 Å². The smallest absolute Gasteiger partial charge is 0.105 e. The lowest BCUT2D eigenvalue weighted by Gasteiger charge is -2.33. The first-order chi connectivity index (χ1) is 8.41. The molecule has 2 rings (SSSR count). The molecule has 1 atom stereocenters. The summed E-state index contributed by atoms with van der Waals surface area (Å²) in [7, 11) is 1.92. The topological polar surface area (TPSA) is 32.3 Å². The summed E-state index contributed by atoms with van der Waals surface area (Å²) in [4.78, 5) is 0. The van der Waals surface area contributed by atoms with Gasteiger partial charge in [0.25, 0.3) is 0 Å². The van der Waals surface area contributed by atoms with E-state index < -0.39 is 5.60 Å². The molecule has 1 aromatic carbocycles. The van der Waals surface area contributed by atoms with Gasteiger partial charge >= 0.3 is 0 Å². The van der Waals surface area contributed by atoms with Gasteiger partial charge in [-0.15, -0.1) is 0 Å². The summed E-state index contributed by atoms with van der Waals surface area (Å²) in [5, 5.41) is 14.3. The zero-order valence-corrected chi connectivity index (χ0v) is 12.2. The van der Waals surface area contributed by atoms with Gasteiger partial charge < -0.3 is 10.4 Å². The molecule has 0 bridgehead atoms. The second-order valence-electron chi connectivity index (χ2n) is 5.86. The van der Waals surface area contributed by atoms with Crippen LogP contribution in [-0.4, -0.2) is 18.7 Å². The van der Waals surface area contributed by atoms with Gasteiger partial charge in [-0.05, 0) is 81.3 Å². The molecule has 1 fully saturated rings. The number of aliphatic hydroxyl groups is 1. The second kappa shape index (κ2) is 4.67. The molecular formula is C16H25NO. The van der Waals surface area contributed by atoms with E-state index in [1.165, 1.54) is 22.3 Å². The van der Waals surface area contributed by atoms with Crippen molar-refractivity contribution in [2.45, 2.75) is 46.1 Å². The van der Waals surface area contributed by atoms with Crippen molar-refractivity contribution in [1.29, 1.82) is 0 Å². The molecule has 0 aliphatic heterocycles. The van der Waals surface area contributed by atoms with E-state index in [0.29, 0.717) is 12.5 Å². The Morgan fingerprint density at radius 3 is 2.06 bits per heavy atom. The molecule has 2 heteroatoms. The summed E-state index contributed by atoms with van der Waals surface area (Å²) in [6.07, 6.45) is 2.29. The quantitative estimate of drug-likeness (QED) is 0.857. The van der Waals surface area contributed by atoms with Crippen LogP contribution in [0.25, 0.3) is 0 Å². The Morgan fingerprint density at radius 2 is 1.67 bits per heavy atom. The first-order valence-electron chi connectivity index (χ1n) is 6.86. The molecule has 0 spiro atoms. The Bertz CT molecular complexity index is 436. The van der Waals surface area contributed by atoms with E-state index >= 15 is 0 Å². The van der Waals surface area contributed by atoms with Gasteiger partial charge in [-0.25, -0.2) is 0 Å². The molecule has 2 nitrogen and oxygen atoms in total. The lowest BCUT2D eigenvalue weighted by molar-refractivity contribution is 0.0140. The predicted octanol–water partition coefficient (Wildman–Crippen LogP) is 2.74. The van der Waals surface area contributed by atoms with Gasteiger partial charge in [-0.2, -0.15) is 0 Å². The van der Waals surface area contributed by atoms with Crippen molar-refractivity contribution in [1.82, 2.24) is 5.32 Å². The molecule has 0 radical (unpaired) electrons. The Labute approximate surface area is 110 Å². The van der Waals surface area contributed by atoms with Crippen LogP contribution >= 0.6 is 0 Å². The molecule has 1 saturated carbocycles. The Morgan fingerprint density at radius 1 is 1.17 bits per heavy atom. The first-order valence-corrected chi connectivity index (χ1v) is 6.86. The zero-order valence-electron chi connectivity index (χ0n) is 12.2. The highest BCUT2D eigenvalue weighted by atomic mass is 16.3. The molecule has 0 heterocycles. The maximum Gasteiger partial charge on any atom is 0.105 e. The van der Waals surface area contributed by atoms with Crippen LogP contribution in [0.15, 0.2) is 6.07 Å². The first kappa shape index (κ1) is 13.6. The summed E-state index contributed by atoms with van der Waals surface area (Å²) in [5.41, 5.74) is 5.54. The van der Waals surface area contributed by atoms with Crippen molar-refractivity contribution in [2.75, 3.05) is 13.6 Å². The molecule has 18 heavy (non-hydrogen) atoms. The number of hydrogen-bond acceptors (Lipinski definition) is 2. The Hall–Kier alpha value is -0.860. The predicted molar refractivity (Wildman–Crippen MR) is 75.9 cm³/mol. The number of nitrogens with one attached hydrogen (secondary N) is 1. The summed E-state index contributed by atoms with van der Waals surface area (Å²) in [5.74, 6) is 0.420. The van der Waals surface area contributed by atoms with E-state index in [1.54, 1.807) is 0 Å². The minimum absolute atomic E-state index is 0.420. The molecule has 1 aliphatic carbocycles. The van der Waals surface area contributed by atoms with Crippen molar-refractivity contribution in [3.8, 4) is 0 Å². The minimum atomic E-state index is -0.695. The third kappa shape index (κ3) is 2.08. The third-order valence-electron chi connectivity index (χ3n) is 4.50. The van der Waals surface area contributed by atoms with E-state index in [9.17, 15) is 5.11 Å². The van der Waals surface area contributed by atoms with Crippen molar-refractivity contribution < 1.29 is 5.11 Å². The average molecular weight is 247 g/mol. The van der Waals surface area contributed by atoms with E-state index in [0.717, 1.165) is 18.4 Å². The van der Waals surface area contributed by atoms with Gasteiger partial charge in [0, 0.05) is 6.54 Å². The minimum Gasteiger partial charge on any atom is -0.384 e. The average Bonchev–Trinajstić information content (AvgIpc) is 3.11. The molecule has 100 valence electrons. The van der Waals surface area contributed by atoms with Gasteiger partial charge in [0.15, 0.2) is 0 Å². The molecular weight excluding hydrogens is 222 g/mol. The van der Waals surface area contributed by atoms with Crippen LogP contribution in [0.2, 0.25) is 0 Å². The third-order valence-corrected chi connectivity index (χ3v) is 4.50. The monoisotopic (exact) mass is 247 g/mol. The van der Waals surface area contributed by atoms with Crippen molar-refractivity contribution in [3.05, 3.63) is 33.9 Å². The highest BCUT2D eigenvalue weighted by Crippen LogP contribution is 2.48. The van der Waals surface area contributed by atoms with Crippen LogP contribution in [0.4, 0.5) is 0 Å². The fraction of sp³-hybridized carbons (Fsp3) is 0.625. The SMILES string of the molecule is CNCC(O)(c1c(C)c(C)cc(C)c1C)C1CC1. The number of hydrogen-bond donors (Lipinski definition) is 2. The van der Waals surface area contributed by atoms with Gasteiger partial charge in [0.1, 0.15) is 5.60 Å². The molecule has 1 aromatic rings. The second-order valence-corrected chi connectivity index (χ2v) is 5.86. The standard InChI is InChI=1S/C16H25NO/c1-10-8-11(2)13(4)15(12(10)3)16(18,9-17-5)14-6-7-14/h8,14,17-18H,6-7,9H2,1-5H3. The fourth-order valence-corrected chi connectivity index (χ4v) is 3.13. The van der Waals surface area contributed by atoms with Crippen molar-refractivity contribution in [3.63, 3.8) is 0 Å². The van der Waals surface area contributed by atoms with Gasteiger partial charge in [0.05, 0.1) is 0 Å². The van der Waals surface area contributed by atoms with E-state index in [4.69, 9.17) is 0 Å². The normalized spacial score (nSPS) is 18.8. The molecule has 0 saturated heterocycles. The van der Waals surface area contributed by atoms with Crippen LogP contribution in [0, 0.1) is 33.6 Å². The summed E-state index contributed by atoms with van der Waals surface area (Å²) < 4.78 is 0. The van der Waals surface area contributed by atoms with Gasteiger partial charge in [-0.1, -0.05) is 6.07 Å². The lowest BCUT2D eigenvalue weighted by Crippen LogP contribution is -2.40. The Kier molecular flexibility index (Phi) is 3.52. The number of rotatable bonds is 4.